The molecule has 2 amide bonds. The van der Waals surface area contributed by atoms with Crippen LogP contribution in [0.1, 0.15) is 24.5 Å². The largest absolute Gasteiger partial charge is 0.399 e. The van der Waals surface area contributed by atoms with Crippen LogP contribution < -0.4 is 16.4 Å². The van der Waals surface area contributed by atoms with Gasteiger partial charge < -0.3 is 16.4 Å². The molecular weight excluding hydrogens is 302 g/mol. The summed E-state index contributed by atoms with van der Waals surface area (Å²) in [5.41, 5.74) is 8.49. The smallest absolute Gasteiger partial charge is 0.242 e. The minimum atomic E-state index is -0.575. The van der Waals surface area contributed by atoms with Crippen molar-refractivity contribution in [2.24, 2.45) is 0 Å². The van der Waals surface area contributed by atoms with Crippen molar-refractivity contribution in [2.45, 2.75) is 32.4 Å². The number of anilines is 1. The van der Waals surface area contributed by atoms with Crippen LogP contribution in [0.25, 0.3) is 0 Å². The van der Waals surface area contributed by atoms with Gasteiger partial charge in [-0.2, -0.15) is 0 Å². The summed E-state index contributed by atoms with van der Waals surface area (Å²) in [6.45, 7) is 2.12. The highest BCUT2D eigenvalue weighted by molar-refractivity contribution is 5.87. The van der Waals surface area contributed by atoms with Gasteiger partial charge in [0.2, 0.25) is 11.8 Å². The van der Waals surface area contributed by atoms with E-state index >= 15 is 0 Å². The number of hydrogen-bond acceptors (Lipinski definition) is 3. The molecule has 2 aromatic carbocycles. The lowest BCUT2D eigenvalue weighted by atomic mass is 10.1. The van der Waals surface area contributed by atoms with Crippen LogP contribution in [0.2, 0.25) is 0 Å². The Kier molecular flexibility index (Phi) is 6.37. The molecule has 0 saturated carbocycles. The molecule has 0 aromatic heterocycles. The molecule has 0 aliphatic carbocycles. The molecule has 5 nitrogen and oxygen atoms in total. The number of carbonyl (C=O) groups excluding carboxylic acids is 2. The number of aryl methyl sites for hydroxylation is 1. The van der Waals surface area contributed by atoms with Gasteiger partial charge in [0.1, 0.15) is 6.04 Å². The lowest BCUT2D eigenvalue weighted by Gasteiger charge is -2.14. The van der Waals surface area contributed by atoms with Crippen LogP contribution in [0.15, 0.2) is 54.6 Å². The second kappa shape index (κ2) is 8.72. The zero-order valence-electron chi connectivity index (χ0n) is 13.8. The molecule has 0 aliphatic heterocycles. The van der Waals surface area contributed by atoms with E-state index in [0.717, 1.165) is 11.1 Å². The highest BCUT2D eigenvalue weighted by Gasteiger charge is 2.15. The number of nitrogens with two attached hydrogens (primary N) is 1. The quantitative estimate of drug-likeness (QED) is 0.681. The number of amides is 2. The van der Waals surface area contributed by atoms with Crippen LogP contribution >= 0.6 is 0 Å². The monoisotopic (exact) mass is 325 g/mol. The van der Waals surface area contributed by atoms with E-state index in [1.807, 2.05) is 54.6 Å². The molecule has 0 saturated heterocycles. The maximum absolute atomic E-state index is 12.0. The lowest BCUT2D eigenvalue weighted by Crippen LogP contribution is -2.44. The van der Waals surface area contributed by atoms with Crippen molar-refractivity contribution in [3.63, 3.8) is 0 Å². The summed E-state index contributed by atoms with van der Waals surface area (Å²) in [6.07, 6.45) is 0.849. The second-order valence-electron chi connectivity index (χ2n) is 5.69. The first-order valence-electron chi connectivity index (χ1n) is 8.00. The summed E-state index contributed by atoms with van der Waals surface area (Å²) in [6, 6.07) is 16.5. The van der Waals surface area contributed by atoms with E-state index in [9.17, 15) is 9.59 Å². The Morgan fingerprint density at radius 2 is 1.71 bits per heavy atom. The molecule has 0 spiro atoms. The van der Waals surface area contributed by atoms with Gasteiger partial charge in [-0.1, -0.05) is 48.5 Å². The molecule has 4 N–H and O–H groups in total. The Hall–Kier alpha value is -2.82. The van der Waals surface area contributed by atoms with E-state index in [4.69, 9.17) is 5.73 Å². The topological polar surface area (TPSA) is 84.2 Å². The Labute approximate surface area is 142 Å². The summed E-state index contributed by atoms with van der Waals surface area (Å²) in [7, 11) is 0. The number of carbonyl (C=O) groups is 2. The molecule has 0 fully saturated rings. The summed E-state index contributed by atoms with van der Waals surface area (Å²) in [4.78, 5) is 24.0. The van der Waals surface area contributed by atoms with Gasteiger partial charge in [0, 0.05) is 18.7 Å². The third kappa shape index (κ3) is 5.43. The van der Waals surface area contributed by atoms with Gasteiger partial charge in [-0.05, 0) is 30.5 Å². The zero-order chi connectivity index (χ0) is 17.4. The molecule has 1 atom stereocenters. The molecule has 1 unspecified atom stereocenters. The minimum Gasteiger partial charge on any atom is -0.399 e. The number of nitrogen functional groups attached to an aromatic ring is 1. The van der Waals surface area contributed by atoms with Crippen LogP contribution in [0.5, 0.6) is 0 Å². The summed E-state index contributed by atoms with van der Waals surface area (Å²) < 4.78 is 0. The molecule has 2 rings (SSSR count). The SMILES string of the molecule is CC(NC(=O)CCc1ccccc1N)C(=O)NCc1ccccc1. The van der Waals surface area contributed by atoms with Gasteiger partial charge >= 0.3 is 0 Å². The van der Waals surface area contributed by atoms with Crippen LogP contribution in [-0.4, -0.2) is 17.9 Å². The fourth-order valence-corrected chi connectivity index (χ4v) is 2.33. The highest BCUT2D eigenvalue weighted by Crippen LogP contribution is 2.12. The van der Waals surface area contributed by atoms with Crippen molar-refractivity contribution in [1.82, 2.24) is 10.6 Å². The number of nitrogens with one attached hydrogen (secondary N) is 2. The van der Waals surface area contributed by atoms with Crippen LogP contribution in [-0.2, 0) is 22.6 Å². The molecule has 0 bridgehead atoms. The van der Waals surface area contributed by atoms with Gasteiger partial charge in [-0.3, -0.25) is 9.59 Å². The molecule has 2 aromatic rings. The highest BCUT2D eigenvalue weighted by atomic mass is 16.2. The maximum atomic E-state index is 12.0. The lowest BCUT2D eigenvalue weighted by molar-refractivity contribution is -0.128. The van der Waals surface area contributed by atoms with Crippen LogP contribution in [0.4, 0.5) is 5.69 Å². The van der Waals surface area contributed by atoms with Crippen molar-refractivity contribution in [3.05, 3.63) is 65.7 Å². The average Bonchev–Trinajstić information content (AvgIpc) is 2.59. The maximum Gasteiger partial charge on any atom is 0.242 e. The van der Waals surface area contributed by atoms with Crippen molar-refractivity contribution in [3.8, 4) is 0 Å². The van der Waals surface area contributed by atoms with E-state index in [2.05, 4.69) is 10.6 Å². The van der Waals surface area contributed by atoms with E-state index in [1.165, 1.54) is 0 Å². The number of rotatable bonds is 7. The Morgan fingerprint density at radius 1 is 1.04 bits per heavy atom. The molecule has 0 aliphatic rings. The molecule has 5 heteroatoms. The number of hydrogen-bond donors (Lipinski definition) is 3. The fourth-order valence-electron chi connectivity index (χ4n) is 2.33. The first kappa shape index (κ1) is 17.5. The Morgan fingerprint density at radius 3 is 2.42 bits per heavy atom. The number of benzene rings is 2. The fraction of sp³-hybridized carbons (Fsp3) is 0.263. The molecule has 0 heterocycles. The van der Waals surface area contributed by atoms with E-state index in [1.54, 1.807) is 6.92 Å². The third-order valence-electron chi connectivity index (χ3n) is 3.76. The van der Waals surface area contributed by atoms with Crippen molar-refractivity contribution >= 4 is 17.5 Å². The zero-order valence-corrected chi connectivity index (χ0v) is 13.8. The van der Waals surface area contributed by atoms with Gasteiger partial charge in [0.15, 0.2) is 0 Å². The van der Waals surface area contributed by atoms with E-state index < -0.39 is 6.04 Å². The summed E-state index contributed by atoms with van der Waals surface area (Å²) in [5, 5.41) is 5.53. The standard InChI is InChI=1S/C19H23N3O2/c1-14(19(24)21-13-15-7-3-2-4-8-15)22-18(23)12-11-16-9-5-6-10-17(16)20/h2-10,14H,11-13,20H2,1H3,(H,21,24)(H,22,23). The first-order chi connectivity index (χ1) is 11.6. The van der Waals surface area contributed by atoms with E-state index in [0.29, 0.717) is 25.1 Å². The van der Waals surface area contributed by atoms with E-state index in [-0.39, 0.29) is 11.8 Å². The average molecular weight is 325 g/mol. The number of para-hydroxylation sites is 1. The van der Waals surface area contributed by atoms with Crippen molar-refractivity contribution in [2.75, 3.05) is 5.73 Å². The second-order valence-corrected chi connectivity index (χ2v) is 5.69. The Bertz CT molecular complexity index is 686. The van der Waals surface area contributed by atoms with Gasteiger partial charge in [0.05, 0.1) is 0 Å². The predicted molar refractivity (Wildman–Crippen MR) is 95.1 cm³/mol. The molecule has 126 valence electrons. The van der Waals surface area contributed by atoms with Crippen LogP contribution in [0, 0.1) is 0 Å². The van der Waals surface area contributed by atoms with Gasteiger partial charge in [0.25, 0.3) is 0 Å². The Balaban J connectivity index is 1.74. The molecule has 24 heavy (non-hydrogen) atoms. The van der Waals surface area contributed by atoms with Gasteiger partial charge in [-0.25, -0.2) is 0 Å². The minimum absolute atomic E-state index is 0.166. The molecule has 0 radical (unpaired) electrons. The molecular formula is C19H23N3O2. The third-order valence-corrected chi connectivity index (χ3v) is 3.76. The summed E-state index contributed by atoms with van der Waals surface area (Å²) >= 11 is 0. The van der Waals surface area contributed by atoms with Crippen LogP contribution in [0.3, 0.4) is 0 Å². The summed E-state index contributed by atoms with van der Waals surface area (Å²) in [5.74, 6) is -0.368. The predicted octanol–water partition coefficient (Wildman–Crippen LogP) is 2.02. The van der Waals surface area contributed by atoms with Crippen molar-refractivity contribution < 1.29 is 9.59 Å². The normalized spacial score (nSPS) is 11.5. The van der Waals surface area contributed by atoms with Crippen molar-refractivity contribution in [1.29, 1.82) is 0 Å². The van der Waals surface area contributed by atoms with Gasteiger partial charge in [-0.15, -0.1) is 0 Å². The first-order valence-corrected chi connectivity index (χ1v) is 8.00.